The van der Waals surface area contributed by atoms with E-state index in [2.05, 4.69) is 202 Å². The maximum absolute atomic E-state index is 5.27. The van der Waals surface area contributed by atoms with E-state index in [9.17, 15) is 0 Å². The summed E-state index contributed by atoms with van der Waals surface area (Å²) in [5.41, 5.74) is 17.1. The summed E-state index contributed by atoms with van der Waals surface area (Å²) in [6.07, 6.45) is 5.70. The molecule has 1 unspecified atom stereocenters. The lowest BCUT2D eigenvalue weighted by molar-refractivity contribution is 0.649. The zero-order valence-electron chi connectivity index (χ0n) is 35.7. The predicted octanol–water partition coefficient (Wildman–Crippen LogP) is 16.0. The van der Waals surface area contributed by atoms with E-state index in [1.165, 1.54) is 75.8 Å². The second-order valence-corrected chi connectivity index (χ2v) is 18.6. The second kappa shape index (κ2) is 15.4. The molecule has 3 nitrogen and oxygen atoms in total. The number of aromatic nitrogens is 3. The summed E-state index contributed by atoms with van der Waals surface area (Å²) < 4.78 is 2.57. The van der Waals surface area contributed by atoms with Crippen LogP contribution in [0, 0.1) is 0 Å². The Kier molecular flexibility index (Phi) is 9.17. The van der Waals surface area contributed by atoms with E-state index in [4.69, 9.17) is 15.0 Å². The van der Waals surface area contributed by atoms with Gasteiger partial charge in [0.05, 0.1) is 0 Å². The quantitative estimate of drug-likeness (QED) is 0.160. The Balaban J connectivity index is 0.906. The molecule has 0 saturated carbocycles. The topological polar surface area (TPSA) is 38.7 Å². The molecular formula is C60H43N3S. The van der Waals surface area contributed by atoms with Gasteiger partial charge in [-0.05, 0) is 85.8 Å². The lowest BCUT2D eigenvalue weighted by Gasteiger charge is -2.26. The van der Waals surface area contributed by atoms with Crippen molar-refractivity contribution in [1.29, 1.82) is 0 Å². The largest absolute Gasteiger partial charge is 0.208 e. The van der Waals surface area contributed by atoms with E-state index >= 15 is 0 Å². The van der Waals surface area contributed by atoms with Crippen molar-refractivity contribution >= 4 is 37.1 Å². The Hall–Kier alpha value is -7.53. The third-order valence-electron chi connectivity index (χ3n) is 13.4. The summed E-state index contributed by atoms with van der Waals surface area (Å²) in [5, 5.41) is 2.56. The molecule has 12 rings (SSSR count). The molecule has 8 aromatic carbocycles. The molecule has 0 saturated heterocycles. The molecule has 0 amide bonds. The van der Waals surface area contributed by atoms with E-state index < -0.39 is 0 Å². The highest BCUT2D eigenvalue weighted by atomic mass is 32.1. The number of hydrogen-bond donors (Lipinski definition) is 0. The van der Waals surface area contributed by atoms with E-state index in [1.807, 2.05) is 29.5 Å². The smallest absolute Gasteiger partial charge is 0.164 e. The van der Waals surface area contributed by atoms with Crippen molar-refractivity contribution in [3.63, 3.8) is 0 Å². The maximum atomic E-state index is 5.27. The minimum atomic E-state index is -0.0136. The first-order valence-corrected chi connectivity index (χ1v) is 22.9. The Morgan fingerprint density at radius 2 is 1.00 bits per heavy atom. The van der Waals surface area contributed by atoms with Gasteiger partial charge in [-0.2, -0.15) is 0 Å². The van der Waals surface area contributed by atoms with Crippen LogP contribution in [0.25, 0.3) is 93.3 Å². The van der Waals surface area contributed by atoms with Crippen LogP contribution in [-0.4, -0.2) is 15.0 Å². The normalized spacial score (nSPS) is 15.1. The Morgan fingerprint density at radius 3 is 1.75 bits per heavy atom. The molecule has 64 heavy (non-hydrogen) atoms. The molecule has 2 heterocycles. The van der Waals surface area contributed by atoms with Gasteiger partial charge in [0.25, 0.3) is 0 Å². The minimum absolute atomic E-state index is 0.0136. The Bertz CT molecular complexity index is 3470. The molecule has 2 aliphatic carbocycles. The summed E-state index contributed by atoms with van der Waals surface area (Å²) in [5.74, 6) is 2.19. The number of allylic oxidation sites excluding steroid dienone is 4. The highest BCUT2D eigenvalue weighted by Gasteiger charge is 2.38. The van der Waals surface area contributed by atoms with Crippen molar-refractivity contribution in [3.05, 3.63) is 229 Å². The average Bonchev–Trinajstić information content (AvgIpc) is 3.85. The number of rotatable bonds is 7. The predicted molar refractivity (Wildman–Crippen MR) is 268 cm³/mol. The number of benzene rings is 8. The van der Waals surface area contributed by atoms with E-state index in [0.717, 1.165) is 28.7 Å². The van der Waals surface area contributed by atoms with Crippen LogP contribution in [0.2, 0.25) is 0 Å². The van der Waals surface area contributed by atoms with Gasteiger partial charge in [-0.1, -0.05) is 202 Å². The van der Waals surface area contributed by atoms with E-state index in [-0.39, 0.29) is 11.3 Å². The van der Waals surface area contributed by atoms with Gasteiger partial charge in [-0.3, -0.25) is 0 Å². The molecule has 10 aromatic rings. The Morgan fingerprint density at radius 1 is 0.453 bits per heavy atom. The fourth-order valence-corrected chi connectivity index (χ4v) is 11.2. The molecule has 1 atom stereocenters. The highest BCUT2D eigenvalue weighted by Crippen LogP contribution is 2.52. The first-order valence-electron chi connectivity index (χ1n) is 22.1. The third kappa shape index (κ3) is 6.53. The number of nitrogens with zero attached hydrogens (tertiary/aromatic N) is 3. The van der Waals surface area contributed by atoms with Crippen molar-refractivity contribution in [2.75, 3.05) is 0 Å². The van der Waals surface area contributed by atoms with Gasteiger partial charge in [-0.15, -0.1) is 11.3 Å². The van der Waals surface area contributed by atoms with Crippen LogP contribution in [-0.2, 0) is 5.41 Å². The van der Waals surface area contributed by atoms with Crippen LogP contribution in [0.4, 0.5) is 0 Å². The molecule has 2 aliphatic rings. The Labute approximate surface area is 377 Å². The van der Waals surface area contributed by atoms with Gasteiger partial charge in [0, 0.05) is 48.2 Å². The summed E-state index contributed by atoms with van der Waals surface area (Å²) in [7, 11) is 0. The van der Waals surface area contributed by atoms with Crippen molar-refractivity contribution in [1.82, 2.24) is 15.0 Å². The minimum Gasteiger partial charge on any atom is -0.208 e. The number of thiophene rings is 1. The first kappa shape index (κ1) is 38.2. The SMILES string of the molecule is CC1(C)C2=C(CC(c3ccccc3-c3nc(-c4ccccc4)nc(-c4ccc(-c5cccc6sc7ccc(-c8ccc(-c9ccccc9)cc8)cc7c56)cc4)n3)C=C2)c2ccccc21. The molecule has 0 N–H and O–H groups in total. The van der Waals surface area contributed by atoms with Crippen LogP contribution >= 0.6 is 11.3 Å². The standard InChI is InChI=1S/C60H43N3S/c1-60(2)52-22-12-11-19-48(52)50-37-45(32-34-53(50)60)46-18-9-10-20-49(46)59-62-57(42-16-7-4-8-17-42)61-58(63-59)43-30-28-41(29-31-43)47-21-13-23-55-56(47)51-36-44(33-35-54(51)64-55)40-26-24-39(25-27-40)38-14-5-3-6-15-38/h3-36,45H,37H2,1-2H3. The molecular weight excluding hydrogens is 795 g/mol. The fraction of sp³-hybridized carbons (Fsp3) is 0.0833. The molecule has 4 heteroatoms. The summed E-state index contributed by atoms with van der Waals surface area (Å²) >= 11 is 1.85. The van der Waals surface area contributed by atoms with Crippen molar-refractivity contribution in [2.24, 2.45) is 0 Å². The van der Waals surface area contributed by atoms with Crippen LogP contribution in [0.5, 0.6) is 0 Å². The van der Waals surface area contributed by atoms with Gasteiger partial charge in [-0.25, -0.2) is 15.0 Å². The first-order chi connectivity index (χ1) is 31.5. The van der Waals surface area contributed by atoms with Gasteiger partial charge < -0.3 is 0 Å². The monoisotopic (exact) mass is 837 g/mol. The molecule has 2 aromatic heterocycles. The van der Waals surface area contributed by atoms with Crippen molar-refractivity contribution in [2.45, 2.75) is 31.6 Å². The molecule has 0 aliphatic heterocycles. The van der Waals surface area contributed by atoms with Gasteiger partial charge in [0.15, 0.2) is 17.5 Å². The summed E-state index contributed by atoms with van der Waals surface area (Å²) in [4.78, 5) is 15.6. The lowest BCUT2D eigenvalue weighted by Crippen LogP contribution is -2.17. The van der Waals surface area contributed by atoms with Crippen LogP contribution < -0.4 is 0 Å². The molecule has 304 valence electrons. The number of hydrogen-bond acceptors (Lipinski definition) is 4. The average molecular weight is 838 g/mol. The molecule has 0 fully saturated rings. The maximum Gasteiger partial charge on any atom is 0.164 e. The van der Waals surface area contributed by atoms with E-state index in [1.54, 1.807) is 0 Å². The second-order valence-electron chi connectivity index (χ2n) is 17.5. The molecule has 0 spiro atoms. The zero-order chi connectivity index (χ0) is 42.8. The third-order valence-corrected chi connectivity index (χ3v) is 14.5. The van der Waals surface area contributed by atoms with Crippen LogP contribution in [0.1, 0.15) is 42.9 Å². The molecule has 0 radical (unpaired) electrons. The van der Waals surface area contributed by atoms with Gasteiger partial charge in [0.2, 0.25) is 0 Å². The van der Waals surface area contributed by atoms with Gasteiger partial charge in [0.1, 0.15) is 0 Å². The summed E-state index contributed by atoms with van der Waals surface area (Å²) in [6.45, 7) is 4.70. The fourth-order valence-electron chi connectivity index (χ4n) is 10.1. The van der Waals surface area contributed by atoms with Crippen molar-refractivity contribution in [3.8, 4) is 67.5 Å². The lowest BCUT2D eigenvalue weighted by atomic mass is 9.77. The molecule has 0 bridgehead atoms. The number of fused-ring (bicyclic) bond motifs is 5. The van der Waals surface area contributed by atoms with Crippen molar-refractivity contribution < 1.29 is 0 Å². The van der Waals surface area contributed by atoms with Crippen LogP contribution in [0.3, 0.4) is 0 Å². The highest BCUT2D eigenvalue weighted by molar-refractivity contribution is 7.26. The van der Waals surface area contributed by atoms with Gasteiger partial charge >= 0.3 is 0 Å². The van der Waals surface area contributed by atoms with E-state index in [0.29, 0.717) is 17.5 Å². The zero-order valence-corrected chi connectivity index (χ0v) is 36.5. The van der Waals surface area contributed by atoms with Crippen LogP contribution in [0.15, 0.2) is 212 Å². The summed E-state index contributed by atoms with van der Waals surface area (Å²) in [6, 6.07) is 69.7.